The maximum atomic E-state index is 6.08. The van der Waals surface area contributed by atoms with Gasteiger partial charge in [0.2, 0.25) is 0 Å². The molecule has 0 aliphatic carbocycles. The van der Waals surface area contributed by atoms with Crippen molar-refractivity contribution in [2.75, 3.05) is 0 Å². The van der Waals surface area contributed by atoms with E-state index in [2.05, 4.69) is 4.98 Å². The van der Waals surface area contributed by atoms with Crippen LogP contribution in [0.1, 0.15) is 5.56 Å². The highest BCUT2D eigenvalue weighted by Gasteiger charge is 2.05. The van der Waals surface area contributed by atoms with Crippen LogP contribution in [0.25, 0.3) is 11.1 Å². The molecular weight excluding hydrogens is 353 g/mol. The second kappa shape index (κ2) is 7.22. The van der Waals surface area contributed by atoms with Gasteiger partial charge in [0.05, 0.1) is 15.1 Å². The molecule has 1 aromatic heterocycles. The van der Waals surface area contributed by atoms with Gasteiger partial charge in [-0.1, -0.05) is 53.0 Å². The predicted octanol–water partition coefficient (Wildman–Crippen LogP) is 6.29. The molecule has 0 amide bonds. The monoisotopic (exact) mass is 363 g/mol. The highest BCUT2D eigenvalue weighted by molar-refractivity contribution is 6.42. The molecule has 23 heavy (non-hydrogen) atoms. The normalized spacial score (nSPS) is 10.6. The molecule has 0 N–H and O–H groups in total. The number of benzene rings is 2. The second-order valence-electron chi connectivity index (χ2n) is 4.93. The van der Waals surface area contributed by atoms with Crippen LogP contribution in [0.3, 0.4) is 0 Å². The number of rotatable bonds is 4. The first-order valence-electron chi connectivity index (χ1n) is 6.90. The molecule has 0 atom stereocenters. The average Bonchev–Trinajstić information content (AvgIpc) is 2.57. The van der Waals surface area contributed by atoms with E-state index in [9.17, 15) is 0 Å². The summed E-state index contributed by atoms with van der Waals surface area (Å²) in [6, 6.07) is 14.9. The summed E-state index contributed by atoms with van der Waals surface area (Å²) < 4.78 is 5.74. The molecule has 0 bridgehead atoms. The van der Waals surface area contributed by atoms with Gasteiger partial charge in [0.1, 0.15) is 12.4 Å². The number of hydrogen-bond donors (Lipinski definition) is 0. The topological polar surface area (TPSA) is 22.1 Å². The first kappa shape index (κ1) is 16.1. The smallest absolute Gasteiger partial charge is 0.138 e. The quantitative estimate of drug-likeness (QED) is 0.543. The molecule has 5 heteroatoms. The Labute approximate surface area is 149 Å². The lowest BCUT2D eigenvalue weighted by atomic mass is 10.1. The first-order chi connectivity index (χ1) is 11.1. The number of hydrogen-bond acceptors (Lipinski definition) is 2. The molecule has 2 nitrogen and oxygen atoms in total. The van der Waals surface area contributed by atoms with Crippen molar-refractivity contribution >= 4 is 34.8 Å². The summed E-state index contributed by atoms with van der Waals surface area (Å²) in [6.45, 7) is 0.381. The fraction of sp³-hybridized carbons (Fsp3) is 0.0556. The van der Waals surface area contributed by atoms with Gasteiger partial charge in [-0.05, 0) is 35.9 Å². The van der Waals surface area contributed by atoms with Crippen molar-refractivity contribution in [1.29, 1.82) is 0 Å². The van der Waals surface area contributed by atoms with Crippen molar-refractivity contribution in [2.45, 2.75) is 6.61 Å². The van der Waals surface area contributed by atoms with Crippen molar-refractivity contribution in [3.63, 3.8) is 0 Å². The van der Waals surface area contributed by atoms with E-state index in [0.717, 1.165) is 16.7 Å². The minimum Gasteiger partial charge on any atom is -0.487 e. The van der Waals surface area contributed by atoms with E-state index in [1.165, 1.54) is 0 Å². The molecule has 0 unspecified atom stereocenters. The third kappa shape index (κ3) is 3.97. The number of para-hydroxylation sites is 1. The third-order valence-electron chi connectivity index (χ3n) is 3.28. The number of halogens is 3. The van der Waals surface area contributed by atoms with Gasteiger partial charge in [-0.15, -0.1) is 0 Å². The van der Waals surface area contributed by atoms with Crippen LogP contribution in [0.4, 0.5) is 0 Å². The van der Waals surface area contributed by atoms with Gasteiger partial charge in [0.25, 0.3) is 0 Å². The van der Waals surface area contributed by atoms with Crippen LogP contribution in [0.2, 0.25) is 15.1 Å². The molecule has 2 aromatic carbocycles. The van der Waals surface area contributed by atoms with Crippen molar-refractivity contribution in [3.05, 3.63) is 81.6 Å². The summed E-state index contributed by atoms with van der Waals surface area (Å²) in [5.41, 5.74) is 2.84. The highest BCUT2D eigenvalue weighted by Crippen LogP contribution is 2.29. The molecular formula is C18H12Cl3NO. The molecule has 0 aliphatic heterocycles. The van der Waals surface area contributed by atoms with Gasteiger partial charge in [0.15, 0.2) is 0 Å². The predicted molar refractivity (Wildman–Crippen MR) is 95.5 cm³/mol. The minimum absolute atomic E-state index is 0.381. The molecule has 0 fully saturated rings. The van der Waals surface area contributed by atoms with E-state index >= 15 is 0 Å². The van der Waals surface area contributed by atoms with Crippen LogP contribution in [0.5, 0.6) is 5.75 Å². The Kier molecular flexibility index (Phi) is 5.06. The maximum absolute atomic E-state index is 6.08. The molecule has 0 radical (unpaired) electrons. The Morgan fingerprint density at radius 3 is 2.39 bits per heavy atom. The van der Waals surface area contributed by atoms with Crippen LogP contribution in [-0.2, 0) is 6.61 Å². The fourth-order valence-corrected chi connectivity index (χ4v) is 2.61. The Bertz CT molecular complexity index is 836. The Balaban J connectivity index is 1.80. The molecule has 0 saturated carbocycles. The van der Waals surface area contributed by atoms with Crippen LogP contribution < -0.4 is 4.74 Å². The zero-order valence-electron chi connectivity index (χ0n) is 12.0. The fourth-order valence-electron chi connectivity index (χ4n) is 2.12. The lowest BCUT2D eigenvalue weighted by Crippen LogP contribution is -1.97. The SMILES string of the molecule is Clc1ccc(-c2cncc(COc3ccccc3Cl)c2)cc1Cl. The van der Waals surface area contributed by atoms with Gasteiger partial charge < -0.3 is 4.74 Å². The van der Waals surface area contributed by atoms with E-state index < -0.39 is 0 Å². The molecule has 3 rings (SSSR count). The lowest BCUT2D eigenvalue weighted by Gasteiger charge is -2.09. The highest BCUT2D eigenvalue weighted by atomic mass is 35.5. The summed E-state index contributed by atoms with van der Waals surface area (Å²) in [4.78, 5) is 4.26. The van der Waals surface area contributed by atoms with Crippen molar-refractivity contribution < 1.29 is 4.74 Å². The minimum atomic E-state index is 0.381. The van der Waals surface area contributed by atoms with Crippen LogP contribution in [0.15, 0.2) is 60.9 Å². The maximum Gasteiger partial charge on any atom is 0.138 e. The van der Waals surface area contributed by atoms with E-state index in [1.54, 1.807) is 24.5 Å². The van der Waals surface area contributed by atoms with E-state index in [1.807, 2.05) is 36.4 Å². The Morgan fingerprint density at radius 2 is 1.61 bits per heavy atom. The van der Waals surface area contributed by atoms with Crippen LogP contribution in [0, 0.1) is 0 Å². The molecule has 0 aliphatic rings. The Morgan fingerprint density at radius 1 is 0.783 bits per heavy atom. The number of nitrogens with zero attached hydrogens (tertiary/aromatic N) is 1. The molecule has 1 heterocycles. The van der Waals surface area contributed by atoms with Crippen molar-refractivity contribution in [3.8, 4) is 16.9 Å². The number of ether oxygens (including phenoxy) is 1. The molecule has 0 saturated heterocycles. The van der Waals surface area contributed by atoms with Gasteiger partial charge in [0, 0.05) is 23.5 Å². The Hall–Kier alpha value is -1.74. The largest absolute Gasteiger partial charge is 0.487 e. The summed E-state index contributed by atoms with van der Waals surface area (Å²) in [7, 11) is 0. The average molecular weight is 365 g/mol. The number of aromatic nitrogens is 1. The van der Waals surface area contributed by atoms with Crippen molar-refractivity contribution in [2.24, 2.45) is 0 Å². The summed E-state index contributed by atoms with van der Waals surface area (Å²) >= 11 is 18.1. The standard InChI is InChI=1S/C18H12Cl3NO/c19-15-6-5-13(8-17(15)21)14-7-12(9-22-10-14)11-23-18-4-2-1-3-16(18)20/h1-10H,11H2. The van der Waals surface area contributed by atoms with Gasteiger partial charge in [-0.3, -0.25) is 4.98 Å². The molecule has 3 aromatic rings. The van der Waals surface area contributed by atoms with E-state index in [-0.39, 0.29) is 0 Å². The molecule has 0 spiro atoms. The lowest BCUT2D eigenvalue weighted by molar-refractivity contribution is 0.306. The van der Waals surface area contributed by atoms with E-state index in [4.69, 9.17) is 39.5 Å². The summed E-state index contributed by atoms with van der Waals surface area (Å²) in [5, 5.41) is 1.63. The van der Waals surface area contributed by atoms with Crippen LogP contribution in [-0.4, -0.2) is 4.98 Å². The van der Waals surface area contributed by atoms with Gasteiger partial charge >= 0.3 is 0 Å². The number of pyridine rings is 1. The molecule has 116 valence electrons. The first-order valence-corrected chi connectivity index (χ1v) is 8.03. The zero-order chi connectivity index (χ0) is 16.2. The van der Waals surface area contributed by atoms with E-state index in [0.29, 0.717) is 27.4 Å². The third-order valence-corrected chi connectivity index (χ3v) is 4.33. The van der Waals surface area contributed by atoms with Gasteiger partial charge in [-0.25, -0.2) is 0 Å². The summed E-state index contributed by atoms with van der Waals surface area (Å²) in [6.07, 6.45) is 3.54. The zero-order valence-corrected chi connectivity index (χ0v) is 14.2. The second-order valence-corrected chi connectivity index (χ2v) is 6.15. The van der Waals surface area contributed by atoms with Crippen LogP contribution >= 0.6 is 34.8 Å². The van der Waals surface area contributed by atoms with Crippen molar-refractivity contribution in [1.82, 2.24) is 4.98 Å². The summed E-state index contributed by atoms with van der Waals surface area (Å²) in [5.74, 6) is 0.647. The van der Waals surface area contributed by atoms with Gasteiger partial charge in [-0.2, -0.15) is 0 Å².